The van der Waals surface area contributed by atoms with Gasteiger partial charge in [0.2, 0.25) is 0 Å². The standard InChI is InChI=1S/C7H8IN5/c1-2-12-7(4-9-11-12)13-5-6(8)3-10-13/h3-5H,2H2,1H3. The Morgan fingerprint density at radius 1 is 1.46 bits per heavy atom. The second-order valence-corrected chi connectivity index (χ2v) is 3.76. The monoisotopic (exact) mass is 289 g/mol. The van der Waals surface area contributed by atoms with E-state index in [0.29, 0.717) is 0 Å². The zero-order valence-corrected chi connectivity index (χ0v) is 9.21. The maximum Gasteiger partial charge on any atom is 0.172 e. The second kappa shape index (κ2) is 3.44. The molecule has 13 heavy (non-hydrogen) atoms. The Hall–Kier alpha value is -0.920. The summed E-state index contributed by atoms with van der Waals surface area (Å²) in [4.78, 5) is 0. The molecule has 0 aliphatic heterocycles. The average molecular weight is 289 g/mol. The summed E-state index contributed by atoms with van der Waals surface area (Å²) in [6.45, 7) is 2.82. The smallest absolute Gasteiger partial charge is 0.172 e. The van der Waals surface area contributed by atoms with Crippen LogP contribution < -0.4 is 0 Å². The minimum Gasteiger partial charge on any atom is -0.228 e. The molecular weight excluding hydrogens is 281 g/mol. The van der Waals surface area contributed by atoms with Crippen molar-refractivity contribution in [2.24, 2.45) is 0 Å². The molecule has 2 heterocycles. The Bertz CT molecular complexity index is 404. The van der Waals surface area contributed by atoms with Crippen LogP contribution in [0, 0.1) is 3.57 Å². The molecule has 6 heteroatoms. The minimum absolute atomic E-state index is 0.797. The third-order valence-electron chi connectivity index (χ3n) is 1.68. The van der Waals surface area contributed by atoms with Gasteiger partial charge in [-0.05, 0) is 29.5 Å². The van der Waals surface area contributed by atoms with E-state index in [9.17, 15) is 0 Å². The Morgan fingerprint density at radius 2 is 2.31 bits per heavy atom. The van der Waals surface area contributed by atoms with Gasteiger partial charge >= 0.3 is 0 Å². The van der Waals surface area contributed by atoms with Crippen molar-refractivity contribution < 1.29 is 0 Å². The van der Waals surface area contributed by atoms with Crippen LogP contribution in [0.2, 0.25) is 0 Å². The van der Waals surface area contributed by atoms with Gasteiger partial charge in [-0.1, -0.05) is 5.21 Å². The molecule has 0 N–H and O–H groups in total. The molecule has 5 nitrogen and oxygen atoms in total. The first kappa shape index (κ1) is 8.67. The Balaban J connectivity index is 2.45. The van der Waals surface area contributed by atoms with Gasteiger partial charge in [-0.2, -0.15) is 5.10 Å². The summed E-state index contributed by atoms with van der Waals surface area (Å²) in [7, 11) is 0. The maximum absolute atomic E-state index is 4.18. The Labute approximate surface area is 88.9 Å². The molecule has 0 amide bonds. The van der Waals surface area contributed by atoms with Crippen molar-refractivity contribution in [3.05, 3.63) is 22.2 Å². The highest BCUT2D eigenvalue weighted by Crippen LogP contribution is 2.07. The van der Waals surface area contributed by atoms with Gasteiger partial charge in [0.25, 0.3) is 0 Å². The number of rotatable bonds is 2. The fraction of sp³-hybridized carbons (Fsp3) is 0.286. The maximum atomic E-state index is 4.18. The zero-order valence-electron chi connectivity index (χ0n) is 7.05. The minimum atomic E-state index is 0.797. The number of halogens is 1. The van der Waals surface area contributed by atoms with Gasteiger partial charge in [0.15, 0.2) is 5.82 Å². The van der Waals surface area contributed by atoms with Crippen molar-refractivity contribution in [1.29, 1.82) is 0 Å². The van der Waals surface area contributed by atoms with Gasteiger partial charge in [-0.3, -0.25) is 0 Å². The van der Waals surface area contributed by atoms with Crippen molar-refractivity contribution in [1.82, 2.24) is 24.8 Å². The predicted molar refractivity (Wildman–Crippen MR) is 55.5 cm³/mol. The molecule has 0 aromatic carbocycles. The van der Waals surface area contributed by atoms with Crippen LogP contribution in [0.15, 0.2) is 18.6 Å². The molecule has 0 unspecified atom stereocenters. The van der Waals surface area contributed by atoms with E-state index in [1.54, 1.807) is 21.8 Å². The molecule has 0 saturated heterocycles. The van der Waals surface area contributed by atoms with Crippen LogP contribution in [-0.2, 0) is 6.54 Å². The van der Waals surface area contributed by atoms with Crippen molar-refractivity contribution in [3.8, 4) is 5.82 Å². The number of nitrogens with zero attached hydrogens (tertiary/aromatic N) is 5. The number of aryl methyl sites for hydroxylation is 1. The van der Waals surface area contributed by atoms with Crippen LogP contribution >= 0.6 is 22.6 Å². The summed E-state index contributed by atoms with van der Waals surface area (Å²) in [6, 6.07) is 0. The van der Waals surface area contributed by atoms with Crippen LogP contribution in [0.3, 0.4) is 0 Å². The van der Waals surface area contributed by atoms with E-state index >= 15 is 0 Å². The second-order valence-electron chi connectivity index (χ2n) is 2.51. The van der Waals surface area contributed by atoms with Gasteiger partial charge in [-0.15, -0.1) is 5.10 Å². The first-order valence-corrected chi connectivity index (χ1v) is 4.98. The highest BCUT2D eigenvalue weighted by Gasteiger charge is 2.04. The normalized spacial score (nSPS) is 10.6. The fourth-order valence-corrected chi connectivity index (χ4v) is 1.47. The molecule has 0 bridgehead atoms. The third kappa shape index (κ3) is 1.58. The average Bonchev–Trinajstić information content (AvgIpc) is 2.71. The molecule has 0 radical (unpaired) electrons. The molecule has 2 aromatic rings. The first-order valence-electron chi connectivity index (χ1n) is 3.90. The summed E-state index contributed by atoms with van der Waals surface area (Å²) >= 11 is 2.22. The first-order chi connectivity index (χ1) is 6.31. The number of aromatic nitrogens is 5. The van der Waals surface area contributed by atoms with Crippen LogP contribution in [-0.4, -0.2) is 24.8 Å². The largest absolute Gasteiger partial charge is 0.228 e. The topological polar surface area (TPSA) is 48.5 Å². The Morgan fingerprint density at radius 3 is 2.92 bits per heavy atom. The molecular formula is C7H8IN5. The molecule has 68 valence electrons. The summed E-state index contributed by atoms with van der Waals surface area (Å²) in [5, 5.41) is 11.9. The van der Waals surface area contributed by atoms with Crippen molar-refractivity contribution >= 4 is 22.6 Å². The SMILES string of the molecule is CCn1nncc1-n1cc(I)cn1. The molecule has 0 aliphatic rings. The van der Waals surface area contributed by atoms with E-state index in [1.165, 1.54) is 0 Å². The van der Waals surface area contributed by atoms with Crippen LogP contribution in [0.4, 0.5) is 0 Å². The van der Waals surface area contributed by atoms with E-state index in [0.717, 1.165) is 15.9 Å². The highest BCUT2D eigenvalue weighted by atomic mass is 127. The van der Waals surface area contributed by atoms with E-state index in [-0.39, 0.29) is 0 Å². The van der Waals surface area contributed by atoms with Crippen LogP contribution in [0.5, 0.6) is 0 Å². The third-order valence-corrected chi connectivity index (χ3v) is 2.24. The fourth-order valence-electron chi connectivity index (χ4n) is 1.08. The van der Waals surface area contributed by atoms with Crippen molar-refractivity contribution in [2.45, 2.75) is 13.5 Å². The van der Waals surface area contributed by atoms with Gasteiger partial charge in [0.05, 0.1) is 16.0 Å². The van der Waals surface area contributed by atoms with Gasteiger partial charge in [-0.25, -0.2) is 9.36 Å². The molecule has 0 saturated carbocycles. The van der Waals surface area contributed by atoms with E-state index in [4.69, 9.17) is 0 Å². The summed E-state index contributed by atoms with van der Waals surface area (Å²) in [5.74, 6) is 0.894. The molecule has 2 rings (SSSR count). The quantitative estimate of drug-likeness (QED) is 0.778. The van der Waals surface area contributed by atoms with Crippen LogP contribution in [0.1, 0.15) is 6.92 Å². The van der Waals surface area contributed by atoms with Crippen molar-refractivity contribution in [2.75, 3.05) is 0 Å². The number of hydrogen-bond acceptors (Lipinski definition) is 3. The van der Waals surface area contributed by atoms with Crippen molar-refractivity contribution in [3.63, 3.8) is 0 Å². The van der Waals surface area contributed by atoms with Gasteiger partial charge in [0, 0.05) is 12.7 Å². The lowest BCUT2D eigenvalue weighted by Crippen LogP contribution is -2.06. The molecule has 0 atom stereocenters. The predicted octanol–water partition coefficient (Wildman–Crippen LogP) is 1.09. The lowest BCUT2D eigenvalue weighted by molar-refractivity contribution is 0.599. The summed E-state index contributed by atoms with van der Waals surface area (Å²) in [6.07, 6.45) is 5.44. The highest BCUT2D eigenvalue weighted by molar-refractivity contribution is 14.1. The van der Waals surface area contributed by atoms with E-state index in [2.05, 4.69) is 38.0 Å². The molecule has 0 aliphatic carbocycles. The lowest BCUT2D eigenvalue weighted by Gasteiger charge is -2.00. The van der Waals surface area contributed by atoms with E-state index in [1.807, 2.05) is 13.1 Å². The molecule has 2 aromatic heterocycles. The van der Waals surface area contributed by atoms with Gasteiger partial charge in [0.1, 0.15) is 0 Å². The lowest BCUT2D eigenvalue weighted by atomic mass is 10.6. The summed E-state index contributed by atoms with van der Waals surface area (Å²) < 4.78 is 4.66. The van der Waals surface area contributed by atoms with Gasteiger partial charge < -0.3 is 0 Å². The summed E-state index contributed by atoms with van der Waals surface area (Å²) in [5.41, 5.74) is 0. The molecule has 0 fully saturated rings. The zero-order chi connectivity index (χ0) is 9.26. The van der Waals surface area contributed by atoms with E-state index < -0.39 is 0 Å². The molecule has 0 spiro atoms. The van der Waals surface area contributed by atoms with Crippen LogP contribution in [0.25, 0.3) is 5.82 Å². The Kier molecular flexibility index (Phi) is 2.30. The number of hydrogen-bond donors (Lipinski definition) is 0.